The highest BCUT2D eigenvalue weighted by Gasteiger charge is 2.52. The molecule has 88 valence electrons. The minimum absolute atomic E-state index is 0.629. The number of hydrogen-bond donors (Lipinski definition) is 2. The molecule has 0 aliphatic carbocycles. The van der Waals surface area contributed by atoms with Gasteiger partial charge in [-0.2, -0.15) is 13.2 Å². The van der Waals surface area contributed by atoms with Crippen LogP contribution in [-0.4, -0.2) is 29.7 Å². The van der Waals surface area contributed by atoms with Crippen LogP contribution in [0.2, 0.25) is 0 Å². The zero-order valence-electron chi connectivity index (χ0n) is 8.31. The highest BCUT2D eigenvalue weighted by molar-refractivity contribution is 5.73. The summed E-state index contributed by atoms with van der Waals surface area (Å²) in [5, 5.41) is 10.3. The van der Waals surface area contributed by atoms with Gasteiger partial charge in [0.2, 0.25) is 5.91 Å². The summed E-state index contributed by atoms with van der Waals surface area (Å²) in [6, 6.07) is 0. The van der Waals surface area contributed by atoms with Crippen molar-refractivity contribution in [3.63, 3.8) is 0 Å². The SMILES string of the molecule is CC(=O)NCC(C)(CC(=O)O)C(F)(F)F. The van der Waals surface area contributed by atoms with Crippen molar-refractivity contribution in [1.29, 1.82) is 0 Å². The van der Waals surface area contributed by atoms with E-state index in [2.05, 4.69) is 0 Å². The number of hydrogen-bond acceptors (Lipinski definition) is 2. The lowest BCUT2D eigenvalue weighted by molar-refractivity contribution is -0.221. The number of carbonyl (C=O) groups is 2. The molecule has 0 saturated heterocycles. The summed E-state index contributed by atoms with van der Waals surface area (Å²) in [5.41, 5.74) is -2.44. The second-order valence-corrected chi connectivity index (χ2v) is 3.54. The van der Waals surface area contributed by atoms with Gasteiger partial charge in [0.15, 0.2) is 0 Å². The maximum absolute atomic E-state index is 12.5. The molecule has 0 fully saturated rings. The molecule has 7 heteroatoms. The molecule has 0 bridgehead atoms. The van der Waals surface area contributed by atoms with E-state index < -0.39 is 36.4 Å². The summed E-state index contributed by atoms with van der Waals surface area (Å²) < 4.78 is 37.5. The zero-order chi connectivity index (χ0) is 12.3. The van der Waals surface area contributed by atoms with E-state index in [0.29, 0.717) is 0 Å². The smallest absolute Gasteiger partial charge is 0.396 e. The lowest BCUT2D eigenvalue weighted by Crippen LogP contribution is -2.46. The molecule has 0 aromatic rings. The fraction of sp³-hybridized carbons (Fsp3) is 0.750. The molecule has 2 N–H and O–H groups in total. The van der Waals surface area contributed by atoms with E-state index in [1.807, 2.05) is 5.32 Å². The number of nitrogens with one attached hydrogen (secondary N) is 1. The van der Waals surface area contributed by atoms with Crippen LogP contribution < -0.4 is 5.32 Å². The molecule has 1 amide bonds. The molecule has 0 spiro atoms. The van der Waals surface area contributed by atoms with E-state index in [9.17, 15) is 22.8 Å². The minimum atomic E-state index is -4.67. The van der Waals surface area contributed by atoms with Crippen LogP contribution in [0.3, 0.4) is 0 Å². The number of carbonyl (C=O) groups excluding carboxylic acids is 1. The Bertz CT molecular complexity index is 264. The molecular formula is C8H12F3NO3. The van der Waals surface area contributed by atoms with Gasteiger partial charge in [0.1, 0.15) is 0 Å². The van der Waals surface area contributed by atoms with Crippen molar-refractivity contribution >= 4 is 11.9 Å². The first-order valence-electron chi connectivity index (χ1n) is 4.11. The van der Waals surface area contributed by atoms with Crippen molar-refractivity contribution in [2.75, 3.05) is 6.54 Å². The van der Waals surface area contributed by atoms with Gasteiger partial charge in [-0.3, -0.25) is 9.59 Å². The number of carboxylic acids is 1. The summed E-state index contributed by atoms with van der Waals surface area (Å²) >= 11 is 0. The van der Waals surface area contributed by atoms with Gasteiger partial charge in [-0.05, 0) is 6.92 Å². The van der Waals surface area contributed by atoms with Crippen molar-refractivity contribution in [3.05, 3.63) is 0 Å². The average molecular weight is 227 g/mol. The number of alkyl halides is 3. The number of carboxylic acid groups (broad SMARTS) is 1. The fourth-order valence-corrected chi connectivity index (χ4v) is 0.916. The largest absolute Gasteiger partial charge is 0.481 e. The lowest BCUT2D eigenvalue weighted by atomic mass is 9.86. The topological polar surface area (TPSA) is 66.4 Å². The van der Waals surface area contributed by atoms with E-state index in [1.54, 1.807) is 0 Å². The molecule has 15 heavy (non-hydrogen) atoms. The predicted octanol–water partition coefficient (Wildman–Crippen LogP) is 1.17. The Hall–Kier alpha value is -1.27. The van der Waals surface area contributed by atoms with Crippen LogP contribution in [0.15, 0.2) is 0 Å². The van der Waals surface area contributed by atoms with Crippen LogP contribution in [0.25, 0.3) is 0 Å². The molecular weight excluding hydrogens is 215 g/mol. The molecule has 0 radical (unpaired) electrons. The lowest BCUT2D eigenvalue weighted by Gasteiger charge is -2.30. The number of halogens is 3. The van der Waals surface area contributed by atoms with Crippen LogP contribution in [0.4, 0.5) is 13.2 Å². The van der Waals surface area contributed by atoms with Gasteiger partial charge >= 0.3 is 12.1 Å². The van der Waals surface area contributed by atoms with Crippen LogP contribution >= 0.6 is 0 Å². The monoisotopic (exact) mass is 227 g/mol. The summed E-state index contributed by atoms with van der Waals surface area (Å²) in [6.07, 6.45) is -5.75. The molecule has 0 aliphatic rings. The molecule has 0 saturated carbocycles. The van der Waals surface area contributed by atoms with Gasteiger partial charge in [-0.15, -0.1) is 0 Å². The van der Waals surface area contributed by atoms with E-state index >= 15 is 0 Å². The standard InChI is InChI=1S/C8H12F3NO3/c1-5(13)12-4-7(2,3-6(14)15)8(9,10)11/h3-4H2,1-2H3,(H,12,13)(H,14,15). The highest BCUT2D eigenvalue weighted by atomic mass is 19.4. The van der Waals surface area contributed by atoms with Gasteiger partial charge in [0.05, 0.1) is 11.8 Å². The Morgan fingerprint density at radius 2 is 1.80 bits per heavy atom. The molecule has 1 atom stereocenters. The number of rotatable bonds is 4. The first kappa shape index (κ1) is 13.7. The molecule has 0 aliphatic heterocycles. The molecule has 0 aromatic heterocycles. The Balaban J connectivity index is 4.70. The molecule has 1 unspecified atom stereocenters. The highest BCUT2D eigenvalue weighted by Crippen LogP contribution is 2.40. The Morgan fingerprint density at radius 1 is 1.33 bits per heavy atom. The van der Waals surface area contributed by atoms with Gasteiger partial charge in [0.25, 0.3) is 0 Å². The van der Waals surface area contributed by atoms with Crippen molar-refractivity contribution < 1.29 is 27.9 Å². The average Bonchev–Trinajstić information content (AvgIpc) is 1.97. The zero-order valence-corrected chi connectivity index (χ0v) is 8.31. The molecule has 0 heterocycles. The quantitative estimate of drug-likeness (QED) is 0.757. The second kappa shape index (κ2) is 4.50. The third kappa shape index (κ3) is 4.18. The van der Waals surface area contributed by atoms with Gasteiger partial charge in [-0.25, -0.2) is 0 Å². The van der Waals surface area contributed by atoms with Crippen LogP contribution in [-0.2, 0) is 9.59 Å². The van der Waals surface area contributed by atoms with Crippen LogP contribution in [0.1, 0.15) is 20.3 Å². The number of aliphatic carboxylic acids is 1. The fourth-order valence-electron chi connectivity index (χ4n) is 0.916. The molecule has 0 aromatic carbocycles. The first-order valence-corrected chi connectivity index (χ1v) is 4.11. The third-order valence-electron chi connectivity index (χ3n) is 1.95. The predicted molar refractivity (Wildman–Crippen MR) is 45.1 cm³/mol. The van der Waals surface area contributed by atoms with Crippen LogP contribution in [0, 0.1) is 5.41 Å². The van der Waals surface area contributed by atoms with Gasteiger partial charge in [0, 0.05) is 13.5 Å². The Morgan fingerprint density at radius 3 is 2.07 bits per heavy atom. The van der Waals surface area contributed by atoms with E-state index in [1.165, 1.54) is 0 Å². The maximum atomic E-state index is 12.5. The normalized spacial score (nSPS) is 15.5. The van der Waals surface area contributed by atoms with Crippen molar-refractivity contribution in [1.82, 2.24) is 5.32 Å². The number of amides is 1. The summed E-state index contributed by atoms with van der Waals surface area (Å²) in [7, 11) is 0. The minimum Gasteiger partial charge on any atom is -0.481 e. The van der Waals surface area contributed by atoms with Gasteiger partial charge < -0.3 is 10.4 Å². The Kier molecular flexibility index (Phi) is 4.12. The first-order chi connectivity index (χ1) is 6.58. The summed E-state index contributed by atoms with van der Waals surface area (Å²) in [4.78, 5) is 20.8. The van der Waals surface area contributed by atoms with E-state index in [0.717, 1.165) is 13.8 Å². The van der Waals surface area contributed by atoms with Crippen molar-refractivity contribution in [2.24, 2.45) is 5.41 Å². The molecule has 0 rings (SSSR count). The summed E-state index contributed by atoms with van der Waals surface area (Å²) in [5.74, 6) is -2.18. The van der Waals surface area contributed by atoms with E-state index in [4.69, 9.17) is 5.11 Å². The van der Waals surface area contributed by atoms with E-state index in [-0.39, 0.29) is 0 Å². The summed E-state index contributed by atoms with van der Waals surface area (Å²) in [6.45, 7) is 1.09. The van der Waals surface area contributed by atoms with Crippen LogP contribution in [0.5, 0.6) is 0 Å². The third-order valence-corrected chi connectivity index (χ3v) is 1.95. The Labute approximate surface area is 84.5 Å². The molecule has 4 nitrogen and oxygen atoms in total. The van der Waals surface area contributed by atoms with Crippen molar-refractivity contribution in [2.45, 2.75) is 26.4 Å². The second-order valence-electron chi connectivity index (χ2n) is 3.54. The van der Waals surface area contributed by atoms with Gasteiger partial charge in [-0.1, -0.05) is 0 Å². The van der Waals surface area contributed by atoms with Crippen molar-refractivity contribution in [3.8, 4) is 0 Å². The maximum Gasteiger partial charge on any atom is 0.396 e.